The van der Waals surface area contributed by atoms with Crippen molar-refractivity contribution in [3.63, 3.8) is 0 Å². The third-order valence-electron chi connectivity index (χ3n) is 5.55. The summed E-state index contributed by atoms with van der Waals surface area (Å²) in [6, 6.07) is 14.9. The van der Waals surface area contributed by atoms with Crippen LogP contribution < -0.4 is 0 Å². The lowest BCUT2D eigenvalue weighted by atomic mass is 10.0. The maximum absolute atomic E-state index is 9.57. The number of hydrogen-bond acceptors (Lipinski definition) is 6. The van der Waals surface area contributed by atoms with Gasteiger partial charge in [0, 0.05) is 45.4 Å². The quantitative estimate of drug-likeness (QED) is 0.723. The number of benzene rings is 2. The van der Waals surface area contributed by atoms with Gasteiger partial charge in [0.1, 0.15) is 11.0 Å². The molecule has 6 heteroatoms. The molecule has 0 bridgehead atoms. The van der Waals surface area contributed by atoms with Crippen LogP contribution in [0.2, 0.25) is 0 Å². The molecule has 0 radical (unpaired) electrons. The van der Waals surface area contributed by atoms with Crippen LogP contribution in [0.3, 0.4) is 0 Å². The first-order valence-electron chi connectivity index (χ1n) is 9.56. The normalized spacial score (nSPS) is 19.0. The Kier molecular flexibility index (Phi) is 5.48. The number of aliphatic hydroxyl groups is 1. The molecule has 142 valence electrons. The topological polar surface area (TPSA) is 65.6 Å². The SMILES string of the molecule is Cc1ccccc1CN1CCN(Cc2cccc3nonc23)C[C@H]1CCO. The van der Waals surface area contributed by atoms with E-state index in [-0.39, 0.29) is 6.61 Å². The predicted molar refractivity (Wildman–Crippen MR) is 104 cm³/mol. The molecule has 27 heavy (non-hydrogen) atoms. The zero-order chi connectivity index (χ0) is 18.6. The minimum Gasteiger partial charge on any atom is -0.396 e. The summed E-state index contributed by atoms with van der Waals surface area (Å²) in [6.45, 7) is 7.07. The van der Waals surface area contributed by atoms with Gasteiger partial charge < -0.3 is 5.11 Å². The molecule has 1 atom stereocenters. The number of hydrogen-bond donors (Lipinski definition) is 1. The first-order valence-corrected chi connectivity index (χ1v) is 9.56. The summed E-state index contributed by atoms with van der Waals surface area (Å²) in [5.41, 5.74) is 5.49. The van der Waals surface area contributed by atoms with Crippen LogP contribution in [0.5, 0.6) is 0 Å². The van der Waals surface area contributed by atoms with Gasteiger partial charge in [0.15, 0.2) is 0 Å². The number of aromatic nitrogens is 2. The zero-order valence-electron chi connectivity index (χ0n) is 15.7. The van der Waals surface area contributed by atoms with Gasteiger partial charge in [0.2, 0.25) is 0 Å². The summed E-state index contributed by atoms with van der Waals surface area (Å²) in [4.78, 5) is 4.95. The summed E-state index contributed by atoms with van der Waals surface area (Å²) in [5.74, 6) is 0. The van der Waals surface area contributed by atoms with E-state index in [1.54, 1.807) is 0 Å². The Hall–Kier alpha value is -2.28. The third kappa shape index (κ3) is 4.03. The fourth-order valence-corrected chi connectivity index (χ4v) is 3.97. The van der Waals surface area contributed by atoms with Crippen LogP contribution in [0.25, 0.3) is 11.0 Å². The molecule has 1 aromatic heterocycles. The summed E-state index contributed by atoms with van der Waals surface area (Å²) in [7, 11) is 0. The van der Waals surface area contributed by atoms with Crippen LogP contribution in [0.4, 0.5) is 0 Å². The van der Waals surface area contributed by atoms with E-state index in [9.17, 15) is 5.11 Å². The number of rotatable bonds is 6. The van der Waals surface area contributed by atoms with E-state index in [0.29, 0.717) is 6.04 Å². The molecule has 1 fully saturated rings. The average Bonchev–Trinajstić information content (AvgIpc) is 3.16. The maximum Gasteiger partial charge on any atom is 0.139 e. The van der Waals surface area contributed by atoms with Gasteiger partial charge >= 0.3 is 0 Å². The second-order valence-corrected chi connectivity index (χ2v) is 7.35. The van der Waals surface area contributed by atoms with E-state index in [2.05, 4.69) is 57.4 Å². The van der Waals surface area contributed by atoms with Gasteiger partial charge in [-0.05, 0) is 46.4 Å². The summed E-state index contributed by atoms with van der Waals surface area (Å²) in [5, 5.41) is 17.6. The zero-order valence-corrected chi connectivity index (χ0v) is 15.7. The van der Waals surface area contributed by atoms with E-state index in [1.165, 1.54) is 11.1 Å². The van der Waals surface area contributed by atoms with Gasteiger partial charge in [0.25, 0.3) is 0 Å². The first-order chi connectivity index (χ1) is 13.2. The molecule has 2 heterocycles. The Labute approximate surface area is 159 Å². The molecule has 6 nitrogen and oxygen atoms in total. The van der Waals surface area contributed by atoms with Crippen LogP contribution in [0.1, 0.15) is 23.1 Å². The molecule has 1 aliphatic rings. The van der Waals surface area contributed by atoms with E-state index >= 15 is 0 Å². The maximum atomic E-state index is 9.57. The Morgan fingerprint density at radius 2 is 1.89 bits per heavy atom. The highest BCUT2D eigenvalue weighted by atomic mass is 16.6. The number of aliphatic hydroxyl groups excluding tert-OH is 1. The lowest BCUT2D eigenvalue weighted by Gasteiger charge is -2.41. The standard InChI is InChI=1S/C21H26N4O2/c1-16-5-2-3-6-17(16)14-25-11-10-24(15-19(25)9-12-26)13-18-7-4-8-20-21(18)23-27-22-20/h2-8,19,26H,9-15H2,1H3/t19-/m1/s1. The second kappa shape index (κ2) is 8.17. The summed E-state index contributed by atoms with van der Waals surface area (Å²) >= 11 is 0. The molecule has 0 amide bonds. The van der Waals surface area contributed by atoms with Crippen molar-refractivity contribution < 1.29 is 9.74 Å². The van der Waals surface area contributed by atoms with Crippen molar-refractivity contribution in [1.82, 2.24) is 20.1 Å². The second-order valence-electron chi connectivity index (χ2n) is 7.35. The molecule has 1 aliphatic heterocycles. The molecule has 0 spiro atoms. The number of piperazine rings is 1. The van der Waals surface area contributed by atoms with E-state index < -0.39 is 0 Å². The largest absolute Gasteiger partial charge is 0.396 e. The minimum absolute atomic E-state index is 0.214. The van der Waals surface area contributed by atoms with Crippen molar-refractivity contribution in [2.75, 3.05) is 26.2 Å². The third-order valence-corrected chi connectivity index (χ3v) is 5.55. The lowest BCUT2D eigenvalue weighted by Crippen LogP contribution is -2.52. The number of fused-ring (bicyclic) bond motifs is 1. The molecule has 0 saturated carbocycles. The predicted octanol–water partition coefficient (Wildman–Crippen LogP) is 2.60. The average molecular weight is 366 g/mol. The van der Waals surface area contributed by atoms with Crippen LogP contribution in [0.15, 0.2) is 47.1 Å². The van der Waals surface area contributed by atoms with Gasteiger partial charge in [0.05, 0.1) is 0 Å². The van der Waals surface area contributed by atoms with Crippen molar-refractivity contribution in [2.45, 2.75) is 32.5 Å². The smallest absolute Gasteiger partial charge is 0.139 e. The van der Waals surface area contributed by atoms with Crippen LogP contribution in [-0.2, 0) is 13.1 Å². The van der Waals surface area contributed by atoms with Gasteiger partial charge in [-0.15, -0.1) is 0 Å². The molecule has 1 N–H and O–H groups in total. The Balaban J connectivity index is 1.46. The van der Waals surface area contributed by atoms with Crippen molar-refractivity contribution in [3.05, 3.63) is 59.2 Å². The van der Waals surface area contributed by atoms with Crippen molar-refractivity contribution in [2.24, 2.45) is 0 Å². The molecular weight excluding hydrogens is 340 g/mol. The molecule has 0 aliphatic carbocycles. The van der Waals surface area contributed by atoms with E-state index in [1.807, 2.05) is 12.1 Å². The van der Waals surface area contributed by atoms with Crippen LogP contribution in [-0.4, -0.2) is 57.5 Å². The Morgan fingerprint density at radius 1 is 1.04 bits per heavy atom. The van der Waals surface area contributed by atoms with Crippen LogP contribution >= 0.6 is 0 Å². The molecule has 1 saturated heterocycles. The summed E-state index contributed by atoms with van der Waals surface area (Å²) < 4.78 is 4.89. The fourth-order valence-electron chi connectivity index (χ4n) is 3.97. The van der Waals surface area contributed by atoms with Gasteiger partial charge in [-0.1, -0.05) is 36.4 Å². The van der Waals surface area contributed by atoms with Crippen molar-refractivity contribution in [3.8, 4) is 0 Å². The van der Waals surface area contributed by atoms with Gasteiger partial charge in [-0.2, -0.15) is 0 Å². The van der Waals surface area contributed by atoms with Crippen LogP contribution in [0, 0.1) is 6.92 Å². The first kappa shape index (κ1) is 18.1. The monoisotopic (exact) mass is 366 g/mol. The highest BCUT2D eigenvalue weighted by molar-refractivity contribution is 5.76. The van der Waals surface area contributed by atoms with E-state index in [4.69, 9.17) is 4.63 Å². The summed E-state index contributed by atoms with van der Waals surface area (Å²) in [6.07, 6.45) is 0.790. The minimum atomic E-state index is 0.214. The Morgan fingerprint density at radius 3 is 2.74 bits per heavy atom. The molecular formula is C21H26N4O2. The fraction of sp³-hybridized carbons (Fsp3) is 0.429. The Bertz CT molecular complexity index is 895. The number of nitrogens with zero attached hydrogens (tertiary/aromatic N) is 4. The van der Waals surface area contributed by atoms with Crippen molar-refractivity contribution in [1.29, 1.82) is 0 Å². The van der Waals surface area contributed by atoms with E-state index in [0.717, 1.165) is 55.7 Å². The van der Waals surface area contributed by atoms with Gasteiger partial charge in [-0.25, -0.2) is 4.63 Å². The molecule has 3 aromatic rings. The number of aryl methyl sites for hydroxylation is 1. The van der Waals surface area contributed by atoms with Crippen molar-refractivity contribution >= 4 is 11.0 Å². The molecule has 2 aromatic carbocycles. The molecule has 0 unspecified atom stereocenters. The highest BCUT2D eigenvalue weighted by Gasteiger charge is 2.27. The highest BCUT2D eigenvalue weighted by Crippen LogP contribution is 2.22. The van der Waals surface area contributed by atoms with Gasteiger partial charge in [-0.3, -0.25) is 9.80 Å². The molecule has 4 rings (SSSR count). The lowest BCUT2D eigenvalue weighted by molar-refractivity contribution is 0.0500.